The summed E-state index contributed by atoms with van der Waals surface area (Å²) in [5, 5.41) is 0.789. The van der Waals surface area contributed by atoms with Crippen molar-refractivity contribution in [1.82, 2.24) is 0 Å². The SMILES string of the molecule is CC1(C)CCCN(c2cc(Cl)ccc2CCl)C1. The van der Waals surface area contributed by atoms with Crippen LogP contribution < -0.4 is 4.90 Å². The molecule has 0 unspecified atom stereocenters. The van der Waals surface area contributed by atoms with Gasteiger partial charge in [0.15, 0.2) is 0 Å². The van der Waals surface area contributed by atoms with Crippen LogP contribution in [-0.4, -0.2) is 13.1 Å². The highest BCUT2D eigenvalue weighted by atomic mass is 35.5. The van der Waals surface area contributed by atoms with Gasteiger partial charge in [0, 0.05) is 29.7 Å². The number of hydrogen-bond acceptors (Lipinski definition) is 1. The lowest BCUT2D eigenvalue weighted by molar-refractivity contribution is 0.293. The van der Waals surface area contributed by atoms with Crippen LogP contribution in [0, 0.1) is 5.41 Å². The molecule has 0 saturated carbocycles. The van der Waals surface area contributed by atoms with Gasteiger partial charge in [0.05, 0.1) is 0 Å². The largest absolute Gasteiger partial charge is 0.371 e. The molecule has 3 heteroatoms. The zero-order valence-electron chi connectivity index (χ0n) is 10.5. The lowest BCUT2D eigenvalue weighted by Crippen LogP contribution is -2.40. The minimum absolute atomic E-state index is 0.379. The zero-order valence-corrected chi connectivity index (χ0v) is 12.0. The van der Waals surface area contributed by atoms with Crippen LogP contribution in [0.2, 0.25) is 5.02 Å². The van der Waals surface area contributed by atoms with E-state index in [1.807, 2.05) is 18.2 Å². The number of nitrogens with zero attached hydrogens (tertiary/aromatic N) is 1. The maximum absolute atomic E-state index is 6.09. The van der Waals surface area contributed by atoms with Gasteiger partial charge in [-0.15, -0.1) is 11.6 Å². The molecule has 1 aromatic rings. The van der Waals surface area contributed by atoms with E-state index in [1.165, 1.54) is 24.1 Å². The maximum Gasteiger partial charge on any atom is 0.0494 e. The molecule has 94 valence electrons. The summed E-state index contributed by atoms with van der Waals surface area (Å²) in [5.41, 5.74) is 2.76. The molecule has 0 atom stereocenters. The predicted octanol–water partition coefficient (Wildman–Crippen LogP) is 4.71. The summed E-state index contributed by atoms with van der Waals surface area (Å²) in [6.07, 6.45) is 2.53. The maximum atomic E-state index is 6.09. The Kier molecular flexibility index (Phi) is 3.89. The minimum atomic E-state index is 0.379. The van der Waals surface area contributed by atoms with Crippen LogP contribution in [0.3, 0.4) is 0 Å². The molecule has 1 heterocycles. The topological polar surface area (TPSA) is 3.24 Å². The number of piperidine rings is 1. The van der Waals surface area contributed by atoms with Crippen molar-refractivity contribution in [1.29, 1.82) is 0 Å². The Morgan fingerprint density at radius 2 is 2.12 bits per heavy atom. The Balaban J connectivity index is 2.29. The molecular formula is C14H19Cl2N. The fraction of sp³-hybridized carbons (Fsp3) is 0.571. The van der Waals surface area contributed by atoms with Crippen molar-refractivity contribution in [3.8, 4) is 0 Å². The molecule has 0 bridgehead atoms. The van der Waals surface area contributed by atoms with Crippen molar-refractivity contribution in [2.75, 3.05) is 18.0 Å². The molecule has 0 aliphatic carbocycles. The third-order valence-corrected chi connectivity index (χ3v) is 3.96. The standard InChI is InChI=1S/C14H19Cl2N/c1-14(2)6-3-7-17(10-14)13-8-12(16)5-4-11(13)9-15/h4-5,8H,3,6-7,9-10H2,1-2H3. The molecule has 1 fully saturated rings. The zero-order chi connectivity index (χ0) is 12.5. The van der Waals surface area contributed by atoms with E-state index < -0.39 is 0 Å². The van der Waals surface area contributed by atoms with Gasteiger partial charge in [-0.3, -0.25) is 0 Å². The van der Waals surface area contributed by atoms with Crippen molar-refractivity contribution < 1.29 is 0 Å². The van der Waals surface area contributed by atoms with Crippen molar-refractivity contribution in [3.63, 3.8) is 0 Å². The Morgan fingerprint density at radius 3 is 2.76 bits per heavy atom. The molecule has 1 aliphatic rings. The van der Waals surface area contributed by atoms with Crippen LogP contribution in [0.15, 0.2) is 18.2 Å². The fourth-order valence-corrected chi connectivity index (χ4v) is 2.97. The fourth-order valence-electron chi connectivity index (χ4n) is 2.57. The molecule has 17 heavy (non-hydrogen) atoms. The van der Waals surface area contributed by atoms with Gasteiger partial charge in [-0.25, -0.2) is 0 Å². The minimum Gasteiger partial charge on any atom is -0.371 e. The molecule has 2 rings (SSSR count). The summed E-state index contributed by atoms with van der Waals surface area (Å²) in [5.74, 6) is 0.545. The summed E-state index contributed by atoms with van der Waals surface area (Å²) in [6, 6.07) is 5.99. The molecule has 0 amide bonds. The Morgan fingerprint density at radius 1 is 1.35 bits per heavy atom. The Hall–Kier alpha value is -0.400. The second kappa shape index (κ2) is 5.07. The van der Waals surface area contributed by atoms with Crippen molar-refractivity contribution in [2.24, 2.45) is 5.41 Å². The normalized spacial score (nSPS) is 19.4. The van der Waals surface area contributed by atoms with Crippen LogP contribution in [0.4, 0.5) is 5.69 Å². The van der Waals surface area contributed by atoms with Crippen molar-refractivity contribution >= 4 is 28.9 Å². The van der Waals surface area contributed by atoms with Crippen molar-refractivity contribution in [2.45, 2.75) is 32.6 Å². The van der Waals surface area contributed by atoms with E-state index in [1.54, 1.807) is 0 Å². The second-order valence-electron chi connectivity index (χ2n) is 5.60. The smallest absolute Gasteiger partial charge is 0.0494 e. The van der Waals surface area contributed by atoms with Gasteiger partial charge in [0.25, 0.3) is 0 Å². The van der Waals surface area contributed by atoms with Crippen LogP contribution >= 0.6 is 23.2 Å². The molecule has 0 radical (unpaired) electrons. The van der Waals surface area contributed by atoms with Gasteiger partial charge in [0.2, 0.25) is 0 Å². The quantitative estimate of drug-likeness (QED) is 0.705. The molecular weight excluding hydrogens is 253 g/mol. The van der Waals surface area contributed by atoms with E-state index in [-0.39, 0.29) is 0 Å². The third-order valence-electron chi connectivity index (χ3n) is 3.43. The number of benzene rings is 1. The lowest BCUT2D eigenvalue weighted by Gasteiger charge is -2.40. The molecule has 1 nitrogen and oxygen atoms in total. The van der Waals surface area contributed by atoms with Gasteiger partial charge >= 0.3 is 0 Å². The van der Waals surface area contributed by atoms with Gasteiger partial charge < -0.3 is 4.90 Å². The molecule has 1 aromatic carbocycles. The predicted molar refractivity (Wildman–Crippen MR) is 76.2 cm³/mol. The van der Waals surface area contributed by atoms with E-state index in [0.717, 1.165) is 18.1 Å². The average Bonchev–Trinajstić information content (AvgIpc) is 2.27. The first-order chi connectivity index (χ1) is 8.02. The summed E-state index contributed by atoms with van der Waals surface area (Å²) in [4.78, 5) is 2.42. The highest BCUT2D eigenvalue weighted by Gasteiger charge is 2.27. The summed E-state index contributed by atoms with van der Waals surface area (Å²) < 4.78 is 0. The van der Waals surface area contributed by atoms with Gasteiger partial charge in [-0.2, -0.15) is 0 Å². The highest BCUT2D eigenvalue weighted by molar-refractivity contribution is 6.31. The van der Waals surface area contributed by atoms with E-state index in [4.69, 9.17) is 23.2 Å². The van der Waals surface area contributed by atoms with Crippen molar-refractivity contribution in [3.05, 3.63) is 28.8 Å². The van der Waals surface area contributed by atoms with Crippen LogP contribution in [0.5, 0.6) is 0 Å². The van der Waals surface area contributed by atoms with E-state index >= 15 is 0 Å². The first kappa shape index (κ1) is 13.0. The number of hydrogen-bond donors (Lipinski definition) is 0. The number of anilines is 1. The molecule has 1 aliphatic heterocycles. The molecule has 0 spiro atoms. The first-order valence-electron chi connectivity index (χ1n) is 6.11. The van der Waals surface area contributed by atoms with Crippen LogP contribution in [0.1, 0.15) is 32.3 Å². The monoisotopic (exact) mass is 271 g/mol. The van der Waals surface area contributed by atoms with Gasteiger partial charge in [0.1, 0.15) is 0 Å². The molecule has 0 aromatic heterocycles. The molecule has 1 saturated heterocycles. The number of halogens is 2. The molecule has 0 N–H and O–H groups in total. The van der Waals surface area contributed by atoms with Crippen LogP contribution in [-0.2, 0) is 5.88 Å². The number of alkyl halides is 1. The highest BCUT2D eigenvalue weighted by Crippen LogP contribution is 2.34. The lowest BCUT2D eigenvalue weighted by atomic mass is 9.84. The van der Waals surface area contributed by atoms with Crippen LogP contribution in [0.25, 0.3) is 0 Å². The average molecular weight is 272 g/mol. The van der Waals surface area contributed by atoms with Gasteiger partial charge in [-0.05, 0) is 36.0 Å². The third kappa shape index (κ3) is 3.08. The van der Waals surface area contributed by atoms with Gasteiger partial charge in [-0.1, -0.05) is 31.5 Å². The second-order valence-corrected chi connectivity index (χ2v) is 6.30. The first-order valence-corrected chi connectivity index (χ1v) is 7.02. The number of rotatable bonds is 2. The van der Waals surface area contributed by atoms with E-state index in [0.29, 0.717) is 11.3 Å². The van der Waals surface area contributed by atoms with E-state index in [9.17, 15) is 0 Å². The Bertz CT molecular complexity index is 401. The van der Waals surface area contributed by atoms with E-state index in [2.05, 4.69) is 18.7 Å². The summed E-state index contributed by atoms with van der Waals surface area (Å²) >= 11 is 12.1. The summed E-state index contributed by atoms with van der Waals surface area (Å²) in [6.45, 7) is 6.83. The summed E-state index contributed by atoms with van der Waals surface area (Å²) in [7, 11) is 0. The Labute approximate surface area is 114 Å².